The Balaban J connectivity index is 1.76. The molecule has 1 aromatic heterocycles. The Morgan fingerprint density at radius 1 is 1.22 bits per heavy atom. The Labute approximate surface area is 143 Å². The third-order valence-electron chi connectivity index (χ3n) is 4.19. The number of aliphatic carboxylic acids is 1. The van der Waals surface area contributed by atoms with Crippen molar-refractivity contribution < 1.29 is 14.7 Å². The van der Waals surface area contributed by atoms with Crippen LogP contribution in [0.4, 0.5) is 0 Å². The lowest BCUT2D eigenvalue weighted by Crippen LogP contribution is -2.31. The summed E-state index contributed by atoms with van der Waals surface area (Å²) in [4.78, 5) is 26.7. The SMILES string of the molecule is O=C(O)[C@@H]1CN(C(=O)Cc2cccs2)C[C@H]1c1ccc(Cl)cc1. The van der Waals surface area contributed by atoms with E-state index in [1.54, 1.807) is 17.0 Å². The minimum absolute atomic E-state index is 0.0184. The number of carbonyl (C=O) groups excluding carboxylic acids is 1. The molecule has 1 aliphatic rings. The molecule has 1 amide bonds. The second-order valence-corrected chi connectivity index (χ2v) is 7.13. The van der Waals surface area contributed by atoms with E-state index in [0.29, 0.717) is 18.0 Å². The Kier molecular flexibility index (Phi) is 4.68. The third-order valence-corrected chi connectivity index (χ3v) is 5.32. The van der Waals surface area contributed by atoms with Gasteiger partial charge in [-0.05, 0) is 29.1 Å². The first-order valence-electron chi connectivity index (χ1n) is 7.33. The predicted molar refractivity (Wildman–Crippen MR) is 89.9 cm³/mol. The Morgan fingerprint density at radius 2 is 1.96 bits per heavy atom. The number of rotatable bonds is 4. The lowest BCUT2D eigenvalue weighted by Gasteiger charge is -2.16. The highest BCUT2D eigenvalue weighted by Crippen LogP contribution is 2.34. The summed E-state index contributed by atoms with van der Waals surface area (Å²) in [7, 11) is 0. The summed E-state index contributed by atoms with van der Waals surface area (Å²) in [5.74, 6) is -1.66. The number of nitrogens with zero attached hydrogens (tertiary/aromatic N) is 1. The van der Waals surface area contributed by atoms with Crippen molar-refractivity contribution in [2.45, 2.75) is 12.3 Å². The molecule has 0 unspecified atom stereocenters. The second-order valence-electron chi connectivity index (χ2n) is 5.66. The highest BCUT2D eigenvalue weighted by Gasteiger charge is 2.40. The number of hydrogen-bond donors (Lipinski definition) is 1. The van der Waals surface area contributed by atoms with Crippen LogP contribution in [0.5, 0.6) is 0 Å². The van der Waals surface area contributed by atoms with E-state index in [-0.39, 0.29) is 18.4 Å². The maximum Gasteiger partial charge on any atom is 0.308 e. The molecule has 0 radical (unpaired) electrons. The minimum atomic E-state index is -0.864. The van der Waals surface area contributed by atoms with Crippen molar-refractivity contribution in [3.63, 3.8) is 0 Å². The molecule has 1 saturated heterocycles. The lowest BCUT2D eigenvalue weighted by atomic mass is 9.89. The number of hydrogen-bond acceptors (Lipinski definition) is 3. The Hall–Kier alpha value is -1.85. The van der Waals surface area contributed by atoms with Gasteiger partial charge in [0, 0.05) is 28.9 Å². The van der Waals surface area contributed by atoms with Gasteiger partial charge in [0.05, 0.1) is 12.3 Å². The maximum absolute atomic E-state index is 12.4. The lowest BCUT2D eigenvalue weighted by molar-refractivity contribution is -0.141. The van der Waals surface area contributed by atoms with Crippen LogP contribution in [0.2, 0.25) is 5.02 Å². The number of halogens is 1. The Bertz CT molecular complexity index is 699. The van der Waals surface area contributed by atoms with E-state index >= 15 is 0 Å². The molecular weight excluding hydrogens is 334 g/mol. The highest BCUT2D eigenvalue weighted by atomic mass is 35.5. The van der Waals surface area contributed by atoms with Crippen LogP contribution in [0.25, 0.3) is 0 Å². The predicted octanol–water partition coefficient (Wildman–Crippen LogP) is 3.27. The smallest absolute Gasteiger partial charge is 0.308 e. The number of amides is 1. The summed E-state index contributed by atoms with van der Waals surface area (Å²) in [6.07, 6.45) is 0.331. The molecule has 23 heavy (non-hydrogen) atoms. The van der Waals surface area contributed by atoms with Gasteiger partial charge in [0.1, 0.15) is 0 Å². The summed E-state index contributed by atoms with van der Waals surface area (Å²) in [6, 6.07) is 11.0. The van der Waals surface area contributed by atoms with E-state index in [0.717, 1.165) is 10.4 Å². The van der Waals surface area contributed by atoms with Crippen LogP contribution in [-0.4, -0.2) is 35.0 Å². The van der Waals surface area contributed by atoms with E-state index < -0.39 is 11.9 Å². The van der Waals surface area contributed by atoms with Crippen LogP contribution >= 0.6 is 22.9 Å². The van der Waals surface area contributed by atoms with Crippen molar-refractivity contribution in [3.05, 3.63) is 57.2 Å². The minimum Gasteiger partial charge on any atom is -0.481 e. The fraction of sp³-hybridized carbons (Fsp3) is 0.294. The molecule has 4 nitrogen and oxygen atoms in total. The molecule has 1 aromatic carbocycles. The zero-order valence-corrected chi connectivity index (χ0v) is 13.9. The summed E-state index contributed by atoms with van der Waals surface area (Å²) in [5.41, 5.74) is 0.910. The zero-order chi connectivity index (χ0) is 16.4. The topological polar surface area (TPSA) is 57.6 Å². The molecule has 0 aliphatic carbocycles. The van der Waals surface area contributed by atoms with Gasteiger partial charge < -0.3 is 10.0 Å². The van der Waals surface area contributed by atoms with E-state index in [1.165, 1.54) is 11.3 Å². The van der Waals surface area contributed by atoms with Gasteiger partial charge in [-0.1, -0.05) is 29.8 Å². The molecule has 2 heterocycles. The average molecular weight is 350 g/mol. The molecule has 0 spiro atoms. The number of benzene rings is 1. The van der Waals surface area contributed by atoms with Gasteiger partial charge >= 0.3 is 5.97 Å². The fourth-order valence-corrected chi connectivity index (χ4v) is 3.80. The van der Waals surface area contributed by atoms with E-state index in [2.05, 4.69) is 0 Å². The van der Waals surface area contributed by atoms with Gasteiger partial charge in [0.15, 0.2) is 0 Å². The number of carboxylic acids is 1. The van der Waals surface area contributed by atoms with Crippen LogP contribution in [0.1, 0.15) is 16.4 Å². The van der Waals surface area contributed by atoms with Crippen molar-refractivity contribution in [3.8, 4) is 0 Å². The van der Waals surface area contributed by atoms with Crippen LogP contribution in [-0.2, 0) is 16.0 Å². The molecular formula is C17H16ClNO3S. The van der Waals surface area contributed by atoms with E-state index in [9.17, 15) is 14.7 Å². The Morgan fingerprint density at radius 3 is 2.57 bits per heavy atom. The molecule has 6 heteroatoms. The zero-order valence-electron chi connectivity index (χ0n) is 12.3. The van der Waals surface area contributed by atoms with Crippen molar-refractivity contribution in [2.75, 3.05) is 13.1 Å². The quantitative estimate of drug-likeness (QED) is 0.921. The van der Waals surface area contributed by atoms with Gasteiger partial charge in [0.2, 0.25) is 5.91 Å². The van der Waals surface area contributed by atoms with Crippen LogP contribution in [0.3, 0.4) is 0 Å². The molecule has 3 rings (SSSR count). The van der Waals surface area contributed by atoms with Crippen molar-refractivity contribution >= 4 is 34.8 Å². The number of likely N-dealkylation sites (tertiary alicyclic amines) is 1. The number of carboxylic acid groups (broad SMARTS) is 1. The second kappa shape index (κ2) is 6.72. The largest absolute Gasteiger partial charge is 0.481 e. The molecule has 1 aliphatic heterocycles. The molecule has 1 N–H and O–H groups in total. The van der Waals surface area contributed by atoms with E-state index in [4.69, 9.17) is 11.6 Å². The van der Waals surface area contributed by atoms with Crippen LogP contribution < -0.4 is 0 Å². The fourth-order valence-electron chi connectivity index (χ4n) is 2.98. The average Bonchev–Trinajstić information content (AvgIpc) is 3.17. The van der Waals surface area contributed by atoms with Gasteiger partial charge in [0.25, 0.3) is 0 Å². The molecule has 0 saturated carbocycles. The summed E-state index contributed by atoms with van der Waals surface area (Å²) in [6.45, 7) is 0.690. The summed E-state index contributed by atoms with van der Waals surface area (Å²) >= 11 is 7.43. The van der Waals surface area contributed by atoms with Crippen molar-refractivity contribution in [2.24, 2.45) is 5.92 Å². The van der Waals surface area contributed by atoms with Gasteiger partial charge in [-0.25, -0.2) is 0 Å². The first kappa shape index (κ1) is 16.0. The number of carbonyl (C=O) groups is 2. The van der Waals surface area contributed by atoms with Crippen molar-refractivity contribution in [1.29, 1.82) is 0 Å². The molecule has 2 atom stereocenters. The first-order chi connectivity index (χ1) is 11.0. The summed E-state index contributed by atoms with van der Waals surface area (Å²) < 4.78 is 0. The van der Waals surface area contributed by atoms with Gasteiger partial charge in [-0.15, -0.1) is 11.3 Å². The van der Waals surface area contributed by atoms with Crippen molar-refractivity contribution in [1.82, 2.24) is 4.90 Å². The first-order valence-corrected chi connectivity index (χ1v) is 8.59. The standard InChI is InChI=1S/C17H16ClNO3S/c18-12-5-3-11(4-6-12)14-9-19(10-15(14)17(21)22)16(20)8-13-2-1-7-23-13/h1-7,14-15H,8-10H2,(H,21,22)/t14-,15+/m0/s1. The molecule has 1 fully saturated rings. The maximum atomic E-state index is 12.4. The molecule has 120 valence electrons. The third kappa shape index (κ3) is 3.57. The summed E-state index contributed by atoms with van der Waals surface area (Å²) in [5, 5.41) is 12.0. The monoisotopic (exact) mass is 349 g/mol. The van der Waals surface area contributed by atoms with E-state index in [1.807, 2.05) is 29.6 Å². The normalized spacial score (nSPS) is 20.7. The molecule has 2 aromatic rings. The molecule has 0 bridgehead atoms. The van der Waals surface area contributed by atoms with Crippen LogP contribution in [0.15, 0.2) is 41.8 Å². The number of thiophene rings is 1. The van der Waals surface area contributed by atoms with Gasteiger partial charge in [-0.3, -0.25) is 9.59 Å². The van der Waals surface area contributed by atoms with Gasteiger partial charge in [-0.2, -0.15) is 0 Å². The van der Waals surface area contributed by atoms with Crippen LogP contribution in [0, 0.1) is 5.92 Å². The highest BCUT2D eigenvalue weighted by molar-refractivity contribution is 7.10.